The van der Waals surface area contributed by atoms with Crippen molar-refractivity contribution in [1.82, 2.24) is 53.9 Å². The third-order valence-corrected chi connectivity index (χ3v) is 12.8. The first kappa shape index (κ1) is 42.1. The molecule has 5 aliphatic heterocycles. The number of aryl methyl sites for hydroxylation is 2. The third kappa shape index (κ3) is 6.95. The molecule has 9 heterocycles. The molecule has 0 atom stereocenters. The molecule has 0 N–H and O–H groups in total. The Hall–Kier alpha value is -5.65. The summed E-state index contributed by atoms with van der Waals surface area (Å²) in [4.78, 5) is 36.9. The molecular weight excluding hydrogens is 800 g/mol. The first-order valence-electron chi connectivity index (χ1n) is 22.1. The van der Waals surface area contributed by atoms with Crippen LogP contribution in [0.3, 0.4) is 0 Å². The van der Waals surface area contributed by atoms with Crippen LogP contribution in [0.1, 0.15) is 113 Å². The van der Waals surface area contributed by atoms with Crippen LogP contribution in [0.4, 0.5) is 0 Å². The number of nitrogens with zero attached hydrogens (tertiary/aromatic N) is 12. The molecule has 0 unspecified atom stereocenters. The van der Waals surface area contributed by atoms with Crippen molar-refractivity contribution < 1.29 is 21.6 Å². The van der Waals surface area contributed by atoms with Crippen LogP contribution in [-0.2, 0) is 30.2 Å². The van der Waals surface area contributed by atoms with Gasteiger partial charge in [0.25, 0.3) is 5.82 Å². The van der Waals surface area contributed by atoms with Gasteiger partial charge in [-0.05, 0) is 79.7 Å². The fourth-order valence-corrected chi connectivity index (χ4v) is 9.68. The Labute approximate surface area is 371 Å². The van der Waals surface area contributed by atoms with Gasteiger partial charge in [-0.3, -0.25) is 0 Å². The fraction of sp³-hybridized carbons (Fsp3) is 0.396. The predicted molar refractivity (Wildman–Crippen MR) is 242 cm³/mol. The Kier molecular flexibility index (Phi) is 12.0. The molecule has 61 heavy (non-hydrogen) atoms. The first-order valence-corrected chi connectivity index (χ1v) is 22.1. The molecule has 8 bridgehead atoms. The van der Waals surface area contributed by atoms with Crippen LogP contribution >= 0.6 is 0 Å². The van der Waals surface area contributed by atoms with E-state index in [0.29, 0.717) is 0 Å². The van der Waals surface area contributed by atoms with Gasteiger partial charge in [-0.25, -0.2) is 19.1 Å². The van der Waals surface area contributed by atoms with Gasteiger partial charge in [-0.2, -0.15) is 0 Å². The summed E-state index contributed by atoms with van der Waals surface area (Å²) in [6.07, 6.45) is 26.2. The van der Waals surface area contributed by atoms with Crippen molar-refractivity contribution in [3.63, 3.8) is 0 Å². The van der Waals surface area contributed by atoms with Gasteiger partial charge in [0.1, 0.15) is 30.9 Å². The number of fused-ring (bicyclic) bond motifs is 8. The van der Waals surface area contributed by atoms with Crippen molar-refractivity contribution in [2.45, 2.75) is 87.0 Å². The van der Waals surface area contributed by atoms with E-state index in [0.717, 1.165) is 125 Å². The Bertz CT molecular complexity index is 2490. The molecule has 0 fully saturated rings. The summed E-state index contributed by atoms with van der Waals surface area (Å²) in [5, 5.41) is 0. The minimum atomic E-state index is -0.0729. The van der Waals surface area contributed by atoms with E-state index in [4.69, 9.17) is 19.9 Å². The summed E-state index contributed by atoms with van der Waals surface area (Å²) in [5.41, 5.74) is 11.6. The second kappa shape index (κ2) is 17.4. The Morgan fingerprint density at radius 2 is 0.820 bits per heavy atom. The van der Waals surface area contributed by atoms with Crippen molar-refractivity contribution in [3.8, 4) is 11.4 Å². The molecule has 0 saturated heterocycles. The third-order valence-electron chi connectivity index (χ3n) is 12.8. The first-order chi connectivity index (χ1) is 29.4. The van der Waals surface area contributed by atoms with Crippen molar-refractivity contribution in [2.24, 2.45) is 0 Å². The van der Waals surface area contributed by atoms with E-state index >= 15 is 0 Å². The second-order valence-electron chi connectivity index (χ2n) is 15.7. The van der Waals surface area contributed by atoms with E-state index in [1.54, 1.807) is 0 Å². The Balaban J connectivity index is 0.00000514. The molecule has 1 radical (unpaired) electrons. The molecule has 9 rings (SSSR count). The summed E-state index contributed by atoms with van der Waals surface area (Å²) in [7, 11) is 0. The summed E-state index contributed by atoms with van der Waals surface area (Å²) in [6.45, 7) is 24.5. The van der Waals surface area contributed by atoms with Crippen LogP contribution in [-0.4, -0.2) is 83.2 Å². The van der Waals surface area contributed by atoms with Crippen LogP contribution < -0.4 is 14.5 Å². The van der Waals surface area contributed by atoms with E-state index in [-0.39, 0.29) is 35.6 Å². The Morgan fingerprint density at radius 1 is 0.475 bits per heavy atom. The van der Waals surface area contributed by atoms with Crippen LogP contribution in [0.5, 0.6) is 0 Å². The van der Waals surface area contributed by atoms with Gasteiger partial charge in [-0.15, -0.1) is 22.1 Å². The summed E-state index contributed by atoms with van der Waals surface area (Å²) in [6, 6.07) is 8.80. The van der Waals surface area contributed by atoms with Gasteiger partial charge in [-0.1, -0.05) is 24.3 Å². The zero-order chi connectivity index (χ0) is 41.7. The molecule has 4 aromatic rings. The summed E-state index contributed by atoms with van der Waals surface area (Å²) in [5.74, 6) is 1.09. The van der Waals surface area contributed by atoms with E-state index in [1.807, 2.05) is 0 Å². The quantitative estimate of drug-likeness (QED) is 0.0891. The molecule has 4 aromatic heterocycles. The zero-order valence-corrected chi connectivity index (χ0v) is 38.1. The average molecular weight is 859 g/mol. The Morgan fingerprint density at radius 3 is 1.18 bits per heavy atom. The van der Waals surface area contributed by atoms with Gasteiger partial charge >= 0.3 is 17.1 Å². The minimum absolute atomic E-state index is 0. The SMILES string of the molecule is CCN1C=CN(CC)C1c1c2nc(c(C3N(CC)C=CN3CC)c3ccc([n-]3)c(C3N(CC)C=CN3CC)c3nc(c(-c4n(CC)cc[n+]4CC)c4ccc1[n-]4)C=C3)C=C2.[Mn+2]. The second-order valence-corrected chi connectivity index (χ2v) is 15.7. The molecule has 0 aliphatic carbocycles. The van der Waals surface area contributed by atoms with Crippen LogP contribution in [0.25, 0.3) is 57.8 Å². The van der Waals surface area contributed by atoms with E-state index in [9.17, 15) is 0 Å². The summed E-state index contributed by atoms with van der Waals surface area (Å²) >= 11 is 0. The standard InChI is InChI=1S/C48H59N12.Mn/c1-9-53-25-26-54(10-2)45(53)41-33-17-19-35(49-33)42(46-55(11-3)27-28-56(46)12-4)37-21-23-39(51-37)44(48-59(15-7)31-32-60(48)16-8)40-24-22-38(52-40)43(36-20-18-34(41)50-36)47-57(13-5)29-30-58(47)14-6;/h17-32,45-47H,9-16H2,1-8H3;/q-1;+2. The number of rotatable bonds is 12. The molecule has 13 heteroatoms. The number of hydrogen-bond acceptors (Lipinski definition) is 8. The number of imidazole rings is 1. The van der Waals surface area contributed by atoms with E-state index < -0.39 is 0 Å². The van der Waals surface area contributed by atoms with Gasteiger partial charge in [0.2, 0.25) is 0 Å². The molecule has 0 aromatic carbocycles. The summed E-state index contributed by atoms with van der Waals surface area (Å²) < 4.78 is 4.63. The smallest absolute Gasteiger partial charge is 0.657 e. The van der Waals surface area contributed by atoms with Gasteiger partial charge in [0, 0.05) is 93.2 Å². The maximum Gasteiger partial charge on any atom is 2.00 e. The topological polar surface area (TPSA) is 82.2 Å². The molecular formula is C48H59MnN12+. The largest absolute Gasteiger partial charge is 2.00 e. The normalized spacial score (nSPS) is 16.5. The van der Waals surface area contributed by atoms with E-state index in [2.05, 4.69) is 192 Å². The molecule has 0 amide bonds. The molecule has 317 valence electrons. The van der Waals surface area contributed by atoms with Crippen molar-refractivity contribution in [3.05, 3.63) is 113 Å². The number of aromatic nitrogens is 6. The van der Waals surface area contributed by atoms with Gasteiger partial charge < -0.3 is 39.4 Å². The van der Waals surface area contributed by atoms with Crippen molar-refractivity contribution in [1.29, 1.82) is 0 Å². The molecule has 0 spiro atoms. The minimum Gasteiger partial charge on any atom is -0.657 e. The maximum absolute atomic E-state index is 5.64. The van der Waals surface area contributed by atoms with Crippen LogP contribution in [0, 0.1) is 0 Å². The van der Waals surface area contributed by atoms with Crippen LogP contribution in [0.2, 0.25) is 0 Å². The molecule has 5 aliphatic rings. The maximum atomic E-state index is 5.64. The van der Waals surface area contributed by atoms with Gasteiger partial charge in [0.05, 0.1) is 41.4 Å². The predicted octanol–water partition coefficient (Wildman–Crippen LogP) is 8.09. The average Bonchev–Trinajstić information content (AvgIpc) is 4.13. The van der Waals surface area contributed by atoms with E-state index in [1.165, 1.54) is 0 Å². The van der Waals surface area contributed by atoms with Gasteiger partial charge in [0.15, 0.2) is 0 Å². The zero-order valence-electron chi connectivity index (χ0n) is 36.9. The van der Waals surface area contributed by atoms with Crippen molar-refractivity contribution in [2.75, 3.05) is 39.3 Å². The van der Waals surface area contributed by atoms with Crippen LogP contribution in [0.15, 0.2) is 73.9 Å². The monoisotopic (exact) mass is 858 g/mol. The fourth-order valence-electron chi connectivity index (χ4n) is 9.68. The molecule has 0 saturated carbocycles. The number of hydrogen-bond donors (Lipinski definition) is 0. The molecule has 12 nitrogen and oxygen atoms in total. The van der Waals surface area contributed by atoms with Crippen molar-refractivity contribution >= 4 is 46.4 Å².